The van der Waals surface area contributed by atoms with E-state index in [1.54, 1.807) is 23.0 Å². The Morgan fingerprint density at radius 2 is 1.97 bits per heavy atom. The van der Waals surface area contributed by atoms with Crippen molar-refractivity contribution >= 4 is 44.9 Å². The molecule has 0 bridgehead atoms. The number of amides is 1. The predicted molar refractivity (Wildman–Crippen MR) is 162 cm³/mol. The molecule has 1 aliphatic rings. The van der Waals surface area contributed by atoms with E-state index >= 15 is 0 Å². The fourth-order valence-electron chi connectivity index (χ4n) is 5.20. The molecule has 0 aliphatic heterocycles. The highest BCUT2D eigenvalue weighted by molar-refractivity contribution is 7.99. The van der Waals surface area contributed by atoms with Gasteiger partial charge in [0.15, 0.2) is 5.16 Å². The average molecular weight is 562 g/mol. The number of hydrogen-bond donors (Lipinski definition) is 1. The minimum atomic E-state index is -0.137. The number of benzene rings is 2. The molecule has 0 radical (unpaired) electrons. The number of methoxy groups -OCH3 is 1. The number of aromatic nitrogens is 2. The molecule has 204 valence electrons. The summed E-state index contributed by atoms with van der Waals surface area (Å²) in [6, 6.07) is 15.3. The number of nitrogens with one attached hydrogen (secondary N) is 1. The molecule has 2 aromatic heterocycles. The van der Waals surface area contributed by atoms with Crippen molar-refractivity contribution in [3.63, 3.8) is 0 Å². The van der Waals surface area contributed by atoms with E-state index in [1.807, 2.05) is 48.5 Å². The molecule has 4 aromatic rings. The van der Waals surface area contributed by atoms with Crippen LogP contribution in [0.1, 0.15) is 50.1 Å². The molecular formula is C31H35N3O3S2. The third-order valence-electron chi connectivity index (χ3n) is 7.56. The first-order valence-electron chi connectivity index (χ1n) is 13.4. The molecule has 8 heteroatoms. The summed E-state index contributed by atoms with van der Waals surface area (Å²) in [6.45, 7) is 8.97. The number of anilines is 1. The Morgan fingerprint density at radius 3 is 2.67 bits per heavy atom. The van der Waals surface area contributed by atoms with Crippen molar-refractivity contribution in [1.82, 2.24) is 9.55 Å². The van der Waals surface area contributed by atoms with Gasteiger partial charge in [-0.05, 0) is 84.5 Å². The summed E-state index contributed by atoms with van der Waals surface area (Å²) < 4.78 is 6.98. The lowest BCUT2D eigenvalue weighted by Gasteiger charge is -2.33. The maximum absolute atomic E-state index is 14.1. The number of hydrogen-bond acceptors (Lipinski definition) is 6. The van der Waals surface area contributed by atoms with Gasteiger partial charge in [0.25, 0.3) is 5.56 Å². The fraction of sp³-hybridized carbons (Fsp3) is 0.387. The summed E-state index contributed by atoms with van der Waals surface area (Å²) in [5.41, 5.74) is 3.94. The Kier molecular flexibility index (Phi) is 7.87. The van der Waals surface area contributed by atoms with Crippen LogP contribution in [0.25, 0.3) is 15.9 Å². The predicted octanol–water partition coefficient (Wildman–Crippen LogP) is 6.90. The van der Waals surface area contributed by atoms with Crippen LogP contribution in [-0.2, 0) is 24.1 Å². The van der Waals surface area contributed by atoms with Gasteiger partial charge in [0.05, 0.1) is 23.9 Å². The lowest BCUT2D eigenvalue weighted by atomic mass is 9.72. The molecule has 1 aliphatic carbocycles. The SMILES string of the molecule is CCc1cccc(NC(=O)CSc2nc3sc4c(c3c(=O)n2-c2ccc(OC)cc2)CCC(C(C)(C)C)C4)c1. The number of rotatable bonds is 7. The third kappa shape index (κ3) is 5.77. The molecule has 0 saturated heterocycles. The molecule has 0 fully saturated rings. The molecule has 6 nitrogen and oxygen atoms in total. The molecule has 2 heterocycles. The maximum atomic E-state index is 14.1. The minimum absolute atomic E-state index is 0.0737. The number of carbonyl (C=O) groups excluding carboxylic acids is 1. The third-order valence-corrected chi connectivity index (χ3v) is 9.65. The van der Waals surface area contributed by atoms with Crippen LogP contribution in [0.2, 0.25) is 0 Å². The Morgan fingerprint density at radius 1 is 1.21 bits per heavy atom. The second-order valence-corrected chi connectivity index (χ2v) is 13.1. The molecular weight excluding hydrogens is 526 g/mol. The first-order chi connectivity index (χ1) is 18.7. The first kappa shape index (κ1) is 27.5. The van der Waals surface area contributed by atoms with Crippen LogP contribution in [-0.4, -0.2) is 28.3 Å². The van der Waals surface area contributed by atoms with Crippen LogP contribution in [0, 0.1) is 11.3 Å². The number of carbonyl (C=O) groups is 1. The van der Waals surface area contributed by atoms with Gasteiger partial charge in [-0.1, -0.05) is 51.6 Å². The minimum Gasteiger partial charge on any atom is -0.497 e. The van der Waals surface area contributed by atoms with Crippen LogP contribution in [0.15, 0.2) is 58.5 Å². The van der Waals surface area contributed by atoms with E-state index in [-0.39, 0.29) is 22.6 Å². The van der Waals surface area contributed by atoms with Crippen LogP contribution >= 0.6 is 23.1 Å². The summed E-state index contributed by atoms with van der Waals surface area (Å²) in [5, 5.41) is 4.22. The van der Waals surface area contributed by atoms with Gasteiger partial charge in [0.2, 0.25) is 5.91 Å². The van der Waals surface area contributed by atoms with Gasteiger partial charge in [-0.3, -0.25) is 14.2 Å². The number of thioether (sulfide) groups is 1. The van der Waals surface area contributed by atoms with Crippen molar-refractivity contribution in [1.29, 1.82) is 0 Å². The van der Waals surface area contributed by atoms with E-state index in [0.717, 1.165) is 52.7 Å². The summed E-state index contributed by atoms with van der Waals surface area (Å²) in [4.78, 5) is 34.0. The summed E-state index contributed by atoms with van der Waals surface area (Å²) in [7, 11) is 1.62. The fourth-order valence-corrected chi connectivity index (χ4v) is 7.35. The van der Waals surface area contributed by atoms with E-state index in [0.29, 0.717) is 22.5 Å². The summed E-state index contributed by atoms with van der Waals surface area (Å²) >= 11 is 2.92. The highest BCUT2D eigenvalue weighted by atomic mass is 32.2. The second-order valence-electron chi connectivity index (χ2n) is 11.1. The lowest BCUT2D eigenvalue weighted by molar-refractivity contribution is -0.113. The molecule has 2 aromatic carbocycles. The molecule has 1 unspecified atom stereocenters. The Bertz CT molecular complexity index is 1570. The number of aryl methyl sites for hydroxylation is 2. The van der Waals surface area contributed by atoms with Crippen LogP contribution in [0.3, 0.4) is 0 Å². The zero-order chi connectivity index (χ0) is 27.7. The van der Waals surface area contributed by atoms with E-state index < -0.39 is 0 Å². The van der Waals surface area contributed by atoms with Gasteiger partial charge in [-0.25, -0.2) is 4.98 Å². The van der Waals surface area contributed by atoms with E-state index in [4.69, 9.17) is 9.72 Å². The quantitative estimate of drug-likeness (QED) is 0.196. The zero-order valence-corrected chi connectivity index (χ0v) is 24.8. The Labute approximate surface area is 237 Å². The lowest BCUT2D eigenvalue weighted by Crippen LogP contribution is -2.27. The average Bonchev–Trinajstić information content (AvgIpc) is 3.29. The van der Waals surface area contributed by atoms with Gasteiger partial charge >= 0.3 is 0 Å². The maximum Gasteiger partial charge on any atom is 0.267 e. The van der Waals surface area contributed by atoms with Crippen molar-refractivity contribution in [3.8, 4) is 11.4 Å². The van der Waals surface area contributed by atoms with Gasteiger partial charge in [0, 0.05) is 10.6 Å². The molecule has 5 rings (SSSR count). The van der Waals surface area contributed by atoms with Crippen molar-refractivity contribution in [2.45, 2.75) is 58.5 Å². The molecule has 39 heavy (non-hydrogen) atoms. The van der Waals surface area contributed by atoms with Gasteiger partial charge in [-0.15, -0.1) is 11.3 Å². The van der Waals surface area contributed by atoms with Crippen LogP contribution in [0.5, 0.6) is 5.75 Å². The molecule has 0 spiro atoms. The van der Waals surface area contributed by atoms with Crippen LogP contribution in [0.4, 0.5) is 5.69 Å². The van der Waals surface area contributed by atoms with Gasteiger partial charge < -0.3 is 10.1 Å². The Balaban J connectivity index is 1.51. The highest BCUT2D eigenvalue weighted by Gasteiger charge is 2.32. The van der Waals surface area contributed by atoms with Crippen molar-refractivity contribution in [2.24, 2.45) is 11.3 Å². The van der Waals surface area contributed by atoms with Crippen molar-refractivity contribution in [3.05, 3.63) is 74.9 Å². The first-order valence-corrected chi connectivity index (χ1v) is 15.2. The van der Waals surface area contributed by atoms with Gasteiger partial charge in [0.1, 0.15) is 10.6 Å². The number of thiophene rings is 1. The molecule has 1 amide bonds. The van der Waals surface area contributed by atoms with E-state index in [2.05, 4.69) is 33.0 Å². The largest absolute Gasteiger partial charge is 0.497 e. The number of fused-ring (bicyclic) bond motifs is 3. The highest BCUT2D eigenvalue weighted by Crippen LogP contribution is 2.42. The molecule has 1 N–H and O–H groups in total. The van der Waals surface area contributed by atoms with Crippen LogP contribution < -0.4 is 15.6 Å². The van der Waals surface area contributed by atoms with Crippen molar-refractivity contribution < 1.29 is 9.53 Å². The number of nitrogens with zero attached hydrogens (tertiary/aromatic N) is 2. The van der Waals surface area contributed by atoms with E-state index in [1.165, 1.54) is 16.6 Å². The summed E-state index contributed by atoms with van der Waals surface area (Å²) in [5.74, 6) is 1.29. The molecule has 1 atom stereocenters. The van der Waals surface area contributed by atoms with E-state index in [9.17, 15) is 9.59 Å². The number of ether oxygens (including phenoxy) is 1. The second kappa shape index (κ2) is 11.2. The zero-order valence-electron chi connectivity index (χ0n) is 23.2. The smallest absolute Gasteiger partial charge is 0.267 e. The topological polar surface area (TPSA) is 73.2 Å². The van der Waals surface area contributed by atoms with Crippen molar-refractivity contribution in [2.75, 3.05) is 18.2 Å². The normalized spacial score (nSPS) is 15.3. The summed E-state index contributed by atoms with van der Waals surface area (Å²) in [6.07, 6.45) is 3.84. The molecule has 0 saturated carbocycles. The monoisotopic (exact) mass is 561 g/mol. The van der Waals surface area contributed by atoms with Gasteiger partial charge in [-0.2, -0.15) is 0 Å². The Hall–Kier alpha value is -3.10. The standard InChI is InChI=1S/C31H35N3O3S2/c1-6-19-8-7-9-21(16-19)32-26(35)18-38-30-33-28-27(24-15-10-20(31(2,3)4)17-25(24)39-28)29(36)34(30)22-11-13-23(37-5)14-12-22/h7-9,11-14,16,20H,6,10,15,17-18H2,1-5H3,(H,32,35).